The molecule has 2 unspecified atom stereocenters. The summed E-state index contributed by atoms with van der Waals surface area (Å²) in [6.07, 6.45) is -0.454. The molecule has 0 saturated carbocycles. The normalized spacial score (nSPS) is 24.5. The van der Waals surface area contributed by atoms with Crippen molar-refractivity contribution in [1.29, 1.82) is 0 Å². The highest BCUT2D eigenvalue weighted by Gasteiger charge is 2.44. The van der Waals surface area contributed by atoms with Crippen molar-refractivity contribution in [3.05, 3.63) is 34.9 Å². The molecule has 1 aromatic rings. The molecule has 0 aliphatic carbocycles. The Kier molecular flexibility index (Phi) is 3.67. The van der Waals surface area contributed by atoms with Crippen molar-refractivity contribution in [2.24, 2.45) is 0 Å². The van der Waals surface area contributed by atoms with Crippen LogP contribution >= 0.6 is 0 Å². The van der Waals surface area contributed by atoms with Crippen LogP contribution in [0.2, 0.25) is 0 Å². The van der Waals surface area contributed by atoms with Gasteiger partial charge in [0.25, 0.3) is 11.8 Å². The van der Waals surface area contributed by atoms with Gasteiger partial charge in [-0.2, -0.15) is 0 Å². The Balaban J connectivity index is 1.91. The van der Waals surface area contributed by atoms with Gasteiger partial charge in [0, 0.05) is 13.0 Å². The van der Waals surface area contributed by atoms with E-state index in [1.54, 1.807) is 18.2 Å². The van der Waals surface area contributed by atoms with Crippen molar-refractivity contribution < 1.29 is 24.6 Å². The molecule has 2 aliphatic rings. The van der Waals surface area contributed by atoms with Crippen LogP contribution in [-0.4, -0.2) is 51.7 Å². The molecule has 3 amide bonds. The molecule has 2 heterocycles. The Bertz CT molecular complexity index is 657. The lowest BCUT2D eigenvalue weighted by atomic mass is 10.0. The molecule has 1 saturated heterocycles. The van der Waals surface area contributed by atoms with E-state index in [1.807, 2.05) is 0 Å². The first kappa shape index (κ1) is 14.7. The van der Waals surface area contributed by atoms with Crippen LogP contribution in [0.4, 0.5) is 0 Å². The number of aliphatic hydroxyl groups excluding tert-OH is 2. The minimum Gasteiger partial charge on any atom is -0.396 e. The number of benzene rings is 1. The summed E-state index contributed by atoms with van der Waals surface area (Å²) in [6.45, 7) is -0.0436. The summed E-state index contributed by atoms with van der Waals surface area (Å²) in [5, 5.41) is 21.3. The fourth-order valence-corrected chi connectivity index (χ4v) is 2.93. The molecule has 22 heavy (non-hydrogen) atoms. The van der Waals surface area contributed by atoms with Crippen molar-refractivity contribution in [1.82, 2.24) is 10.2 Å². The lowest BCUT2D eigenvalue weighted by Crippen LogP contribution is -2.57. The third-order valence-corrected chi connectivity index (χ3v) is 4.06. The van der Waals surface area contributed by atoms with E-state index in [-0.39, 0.29) is 36.5 Å². The minimum absolute atomic E-state index is 0.0436. The lowest BCUT2D eigenvalue weighted by Gasteiger charge is -2.33. The van der Waals surface area contributed by atoms with E-state index < -0.39 is 24.1 Å². The number of nitrogens with one attached hydrogen (secondary N) is 1. The SMILES string of the molecule is O=C1CCC(N2C(=O)c3ccc(CCO)cc3C2=O)C(O)N1. The number of carbonyl (C=O) groups excluding carboxylic acids is 3. The highest BCUT2D eigenvalue weighted by atomic mass is 16.3. The zero-order chi connectivity index (χ0) is 15.9. The third kappa shape index (κ3) is 2.28. The van der Waals surface area contributed by atoms with Gasteiger partial charge in [-0.3, -0.25) is 19.3 Å². The second-order valence-corrected chi connectivity index (χ2v) is 5.45. The van der Waals surface area contributed by atoms with Gasteiger partial charge in [-0.1, -0.05) is 6.07 Å². The Morgan fingerprint density at radius 3 is 2.59 bits per heavy atom. The second kappa shape index (κ2) is 5.51. The predicted molar refractivity (Wildman–Crippen MR) is 74.9 cm³/mol. The van der Waals surface area contributed by atoms with Crippen molar-refractivity contribution in [3.8, 4) is 0 Å². The van der Waals surface area contributed by atoms with E-state index in [0.29, 0.717) is 6.42 Å². The van der Waals surface area contributed by atoms with Crippen molar-refractivity contribution in [2.75, 3.05) is 6.61 Å². The first-order valence-corrected chi connectivity index (χ1v) is 7.12. The zero-order valence-corrected chi connectivity index (χ0v) is 11.8. The van der Waals surface area contributed by atoms with E-state index in [4.69, 9.17) is 5.11 Å². The monoisotopic (exact) mass is 304 g/mol. The van der Waals surface area contributed by atoms with Gasteiger partial charge in [0.1, 0.15) is 6.23 Å². The molecule has 7 nitrogen and oxygen atoms in total. The van der Waals surface area contributed by atoms with Crippen LogP contribution in [0.1, 0.15) is 39.1 Å². The van der Waals surface area contributed by atoms with Gasteiger partial charge in [-0.25, -0.2) is 0 Å². The number of aliphatic hydroxyl groups is 2. The van der Waals surface area contributed by atoms with E-state index in [0.717, 1.165) is 10.5 Å². The number of amides is 3. The van der Waals surface area contributed by atoms with Gasteiger partial charge in [0.15, 0.2) is 0 Å². The number of nitrogens with zero attached hydrogens (tertiary/aromatic N) is 1. The van der Waals surface area contributed by atoms with Crippen LogP contribution in [0.15, 0.2) is 18.2 Å². The average molecular weight is 304 g/mol. The minimum atomic E-state index is -1.25. The molecular weight excluding hydrogens is 288 g/mol. The lowest BCUT2D eigenvalue weighted by molar-refractivity contribution is -0.129. The average Bonchev–Trinajstić information content (AvgIpc) is 2.72. The fraction of sp³-hybridized carbons (Fsp3) is 0.400. The summed E-state index contributed by atoms with van der Waals surface area (Å²) in [6, 6.07) is 4.10. The molecule has 3 rings (SSSR count). The molecule has 1 aromatic carbocycles. The van der Waals surface area contributed by atoms with Gasteiger partial charge in [0.2, 0.25) is 5.91 Å². The smallest absolute Gasteiger partial charge is 0.261 e. The topological polar surface area (TPSA) is 107 Å². The van der Waals surface area contributed by atoms with Crippen LogP contribution in [0, 0.1) is 0 Å². The Labute approximate surface area is 126 Å². The fourth-order valence-electron chi connectivity index (χ4n) is 2.93. The second-order valence-electron chi connectivity index (χ2n) is 5.45. The molecule has 2 atom stereocenters. The first-order chi connectivity index (χ1) is 10.5. The summed E-state index contributed by atoms with van der Waals surface area (Å²) >= 11 is 0. The third-order valence-electron chi connectivity index (χ3n) is 4.06. The Hall–Kier alpha value is -2.25. The van der Waals surface area contributed by atoms with E-state index in [2.05, 4.69) is 5.32 Å². The summed E-state index contributed by atoms with van der Waals surface area (Å²) in [7, 11) is 0. The molecule has 3 N–H and O–H groups in total. The van der Waals surface area contributed by atoms with E-state index in [1.165, 1.54) is 0 Å². The predicted octanol–water partition coefficient (Wildman–Crippen LogP) is -0.586. The number of piperidine rings is 1. The Morgan fingerprint density at radius 1 is 1.18 bits per heavy atom. The zero-order valence-electron chi connectivity index (χ0n) is 11.8. The molecule has 0 aromatic heterocycles. The summed E-state index contributed by atoms with van der Waals surface area (Å²) < 4.78 is 0. The number of hydrogen-bond donors (Lipinski definition) is 3. The van der Waals surface area contributed by atoms with Crippen molar-refractivity contribution >= 4 is 17.7 Å². The molecule has 2 aliphatic heterocycles. The molecule has 0 bridgehead atoms. The highest BCUT2D eigenvalue weighted by Crippen LogP contribution is 2.29. The van der Waals surface area contributed by atoms with Crippen LogP contribution in [-0.2, 0) is 11.2 Å². The van der Waals surface area contributed by atoms with Gasteiger partial charge in [0.05, 0.1) is 17.2 Å². The number of imide groups is 1. The van der Waals surface area contributed by atoms with Crippen LogP contribution < -0.4 is 5.32 Å². The molecule has 0 spiro atoms. The molecule has 0 radical (unpaired) electrons. The number of fused-ring (bicyclic) bond motifs is 1. The Morgan fingerprint density at radius 2 is 1.91 bits per heavy atom. The molecule has 7 heteroatoms. The number of hydrogen-bond acceptors (Lipinski definition) is 5. The van der Waals surface area contributed by atoms with E-state index >= 15 is 0 Å². The van der Waals surface area contributed by atoms with Crippen LogP contribution in [0.25, 0.3) is 0 Å². The van der Waals surface area contributed by atoms with Crippen LogP contribution in [0.3, 0.4) is 0 Å². The number of carbonyl (C=O) groups is 3. The maximum Gasteiger partial charge on any atom is 0.261 e. The van der Waals surface area contributed by atoms with Crippen LogP contribution in [0.5, 0.6) is 0 Å². The van der Waals surface area contributed by atoms with Crippen molar-refractivity contribution in [2.45, 2.75) is 31.5 Å². The maximum absolute atomic E-state index is 12.5. The molecular formula is C15H16N2O5. The van der Waals surface area contributed by atoms with Gasteiger partial charge >= 0.3 is 0 Å². The summed E-state index contributed by atoms with van der Waals surface area (Å²) in [5.41, 5.74) is 1.33. The quantitative estimate of drug-likeness (QED) is 0.647. The largest absolute Gasteiger partial charge is 0.396 e. The maximum atomic E-state index is 12.5. The van der Waals surface area contributed by atoms with Gasteiger partial charge < -0.3 is 15.5 Å². The van der Waals surface area contributed by atoms with Gasteiger partial charge in [-0.05, 0) is 30.5 Å². The molecule has 116 valence electrons. The molecule has 1 fully saturated rings. The van der Waals surface area contributed by atoms with Gasteiger partial charge in [-0.15, -0.1) is 0 Å². The van der Waals surface area contributed by atoms with E-state index in [9.17, 15) is 19.5 Å². The highest BCUT2D eigenvalue weighted by molar-refractivity contribution is 6.21. The number of rotatable bonds is 3. The van der Waals surface area contributed by atoms with Crippen molar-refractivity contribution in [3.63, 3.8) is 0 Å². The standard InChI is InChI=1S/C15H16N2O5/c18-6-5-8-1-2-9-10(7-8)15(22)17(14(9)21)11-3-4-12(19)16-13(11)20/h1-2,7,11,13,18,20H,3-6H2,(H,16,19). The summed E-state index contributed by atoms with van der Waals surface area (Å²) in [4.78, 5) is 37.2. The summed E-state index contributed by atoms with van der Waals surface area (Å²) in [5.74, 6) is -1.23. The first-order valence-electron chi connectivity index (χ1n) is 7.12.